The van der Waals surface area contributed by atoms with Crippen molar-refractivity contribution in [3.05, 3.63) is 82.2 Å². The molecule has 0 atom stereocenters. The summed E-state index contributed by atoms with van der Waals surface area (Å²) >= 11 is 1.35. The van der Waals surface area contributed by atoms with Gasteiger partial charge in [-0.1, -0.05) is 47.2 Å². The molecule has 0 saturated heterocycles. The zero-order valence-corrected chi connectivity index (χ0v) is 19.2. The zero-order valence-electron chi connectivity index (χ0n) is 18.4. The summed E-state index contributed by atoms with van der Waals surface area (Å²) in [6.07, 6.45) is 0. The Morgan fingerprint density at radius 2 is 1.65 bits per heavy atom. The van der Waals surface area contributed by atoms with Gasteiger partial charge in [-0.15, -0.1) is 5.10 Å². The van der Waals surface area contributed by atoms with Gasteiger partial charge in [0.2, 0.25) is 5.16 Å². The highest BCUT2D eigenvalue weighted by Crippen LogP contribution is 2.25. The molecule has 0 fully saturated rings. The lowest BCUT2D eigenvalue weighted by Crippen LogP contribution is -2.07. The van der Waals surface area contributed by atoms with Crippen molar-refractivity contribution in [2.75, 3.05) is 5.75 Å². The van der Waals surface area contributed by atoms with Crippen LogP contribution in [0.25, 0.3) is 11.4 Å². The fourth-order valence-electron chi connectivity index (χ4n) is 3.81. The number of ketones is 1. The lowest BCUT2D eigenvalue weighted by molar-refractivity contribution is 0.102. The van der Waals surface area contributed by atoms with E-state index in [2.05, 4.69) is 64.3 Å². The number of rotatable bonds is 6. The van der Waals surface area contributed by atoms with E-state index in [1.54, 1.807) is 4.68 Å². The van der Waals surface area contributed by atoms with Crippen molar-refractivity contribution in [2.24, 2.45) is 0 Å². The van der Waals surface area contributed by atoms with Crippen molar-refractivity contribution in [1.29, 1.82) is 0 Å². The predicted octanol–water partition coefficient (Wildman–Crippen LogP) is 4.97. The number of Topliss-reactive ketones (excluding diaryl/α,β-unsaturated/α-hetero) is 1. The van der Waals surface area contributed by atoms with Gasteiger partial charge in [0.25, 0.3) is 0 Å². The molecule has 158 valence electrons. The minimum absolute atomic E-state index is 0.0617. The third kappa shape index (κ3) is 4.18. The van der Waals surface area contributed by atoms with Crippen LogP contribution in [0.15, 0.2) is 53.7 Å². The van der Waals surface area contributed by atoms with Gasteiger partial charge in [0.15, 0.2) is 5.78 Å². The molecular weight excluding hydrogens is 406 g/mol. The van der Waals surface area contributed by atoms with Gasteiger partial charge in [-0.25, -0.2) is 0 Å². The van der Waals surface area contributed by atoms with Gasteiger partial charge in [-0.3, -0.25) is 4.79 Å². The Balaban J connectivity index is 1.55. The summed E-state index contributed by atoms with van der Waals surface area (Å²) in [5.74, 6) is 0.329. The molecule has 0 unspecified atom stereocenters. The second-order valence-corrected chi connectivity index (χ2v) is 8.77. The number of hydrogen-bond donors (Lipinski definition) is 0. The van der Waals surface area contributed by atoms with E-state index >= 15 is 0 Å². The Bertz CT molecular complexity index is 1250. The van der Waals surface area contributed by atoms with Gasteiger partial charge in [0, 0.05) is 22.6 Å². The molecule has 0 amide bonds. The minimum atomic E-state index is 0.0617. The maximum atomic E-state index is 13.1. The van der Waals surface area contributed by atoms with Crippen molar-refractivity contribution in [3.8, 4) is 11.4 Å². The van der Waals surface area contributed by atoms with Crippen LogP contribution in [-0.4, -0.2) is 36.3 Å². The molecule has 0 saturated carbocycles. The SMILES string of the molecule is Cc1ccc(-n2c(C)cc(C(=O)CSc3nnnn3-c3ccc(C)cc3C)c2C)cc1. The van der Waals surface area contributed by atoms with Crippen LogP contribution in [0.3, 0.4) is 0 Å². The predicted molar refractivity (Wildman–Crippen MR) is 124 cm³/mol. The number of benzene rings is 2. The first-order valence-corrected chi connectivity index (χ1v) is 11.1. The first kappa shape index (κ1) is 21.1. The van der Waals surface area contributed by atoms with Crippen LogP contribution in [0, 0.1) is 34.6 Å². The first-order valence-electron chi connectivity index (χ1n) is 10.1. The first-order chi connectivity index (χ1) is 14.8. The van der Waals surface area contributed by atoms with Crippen LogP contribution in [0.4, 0.5) is 0 Å². The molecule has 0 spiro atoms. The van der Waals surface area contributed by atoms with E-state index in [-0.39, 0.29) is 11.5 Å². The number of aryl methyl sites for hydroxylation is 4. The third-order valence-corrected chi connectivity index (χ3v) is 6.30. The molecule has 2 aromatic heterocycles. The fraction of sp³-hybridized carbons (Fsp3) is 0.250. The van der Waals surface area contributed by atoms with E-state index in [9.17, 15) is 4.79 Å². The van der Waals surface area contributed by atoms with Crippen molar-refractivity contribution >= 4 is 17.5 Å². The molecular formula is C24H25N5OS. The van der Waals surface area contributed by atoms with E-state index in [4.69, 9.17) is 0 Å². The Kier molecular flexibility index (Phi) is 5.78. The molecule has 0 aliphatic rings. The molecule has 31 heavy (non-hydrogen) atoms. The maximum absolute atomic E-state index is 13.1. The Labute approximate surface area is 186 Å². The van der Waals surface area contributed by atoms with Crippen LogP contribution < -0.4 is 0 Å². The quantitative estimate of drug-likeness (QED) is 0.319. The van der Waals surface area contributed by atoms with Crippen LogP contribution in [-0.2, 0) is 0 Å². The molecule has 4 aromatic rings. The lowest BCUT2D eigenvalue weighted by Gasteiger charge is -2.10. The molecule has 4 rings (SSSR count). The highest BCUT2D eigenvalue weighted by atomic mass is 32.2. The van der Waals surface area contributed by atoms with E-state index < -0.39 is 0 Å². The molecule has 6 nitrogen and oxygen atoms in total. The van der Waals surface area contributed by atoms with Gasteiger partial charge < -0.3 is 4.57 Å². The van der Waals surface area contributed by atoms with Gasteiger partial charge in [0.05, 0.1) is 11.4 Å². The Morgan fingerprint density at radius 1 is 0.935 bits per heavy atom. The minimum Gasteiger partial charge on any atom is -0.318 e. The molecule has 2 aromatic carbocycles. The highest BCUT2D eigenvalue weighted by molar-refractivity contribution is 7.99. The number of carbonyl (C=O) groups excluding carboxylic acids is 1. The topological polar surface area (TPSA) is 65.6 Å². The standard InChI is InChI=1S/C24H25N5OS/c1-15-6-9-20(10-7-15)28-18(4)13-21(19(28)5)23(30)14-31-24-25-26-27-29(24)22-11-8-16(2)12-17(22)3/h6-13H,14H2,1-5H3. The molecule has 2 heterocycles. The Hall–Kier alpha value is -3.19. The molecule has 0 aliphatic heterocycles. The van der Waals surface area contributed by atoms with Crippen LogP contribution in [0.2, 0.25) is 0 Å². The summed E-state index contributed by atoms with van der Waals surface area (Å²) in [4.78, 5) is 13.1. The third-order valence-electron chi connectivity index (χ3n) is 5.38. The summed E-state index contributed by atoms with van der Waals surface area (Å²) in [6, 6.07) is 16.4. The van der Waals surface area contributed by atoms with E-state index in [1.807, 2.05) is 39.0 Å². The second-order valence-electron chi connectivity index (χ2n) is 7.83. The van der Waals surface area contributed by atoms with Crippen LogP contribution in [0.5, 0.6) is 0 Å². The van der Waals surface area contributed by atoms with Crippen molar-refractivity contribution in [1.82, 2.24) is 24.8 Å². The smallest absolute Gasteiger partial charge is 0.214 e. The summed E-state index contributed by atoms with van der Waals surface area (Å²) in [7, 11) is 0. The van der Waals surface area contributed by atoms with Gasteiger partial charge in [-0.2, -0.15) is 4.68 Å². The molecule has 0 radical (unpaired) electrons. The number of hydrogen-bond acceptors (Lipinski definition) is 5. The monoisotopic (exact) mass is 431 g/mol. The molecule has 0 N–H and O–H groups in total. The average Bonchev–Trinajstić information content (AvgIpc) is 3.31. The number of carbonyl (C=O) groups is 1. The summed E-state index contributed by atoms with van der Waals surface area (Å²) in [6.45, 7) is 10.2. The van der Waals surface area contributed by atoms with Gasteiger partial charge in [0.1, 0.15) is 0 Å². The zero-order chi connectivity index (χ0) is 22.1. The van der Waals surface area contributed by atoms with Crippen molar-refractivity contribution < 1.29 is 4.79 Å². The molecule has 7 heteroatoms. The maximum Gasteiger partial charge on any atom is 0.214 e. The number of tetrazole rings is 1. The molecule has 0 aliphatic carbocycles. The van der Waals surface area contributed by atoms with Gasteiger partial charge >= 0.3 is 0 Å². The summed E-state index contributed by atoms with van der Waals surface area (Å²) in [5, 5.41) is 12.7. The fourth-order valence-corrected chi connectivity index (χ4v) is 4.57. The lowest BCUT2D eigenvalue weighted by atomic mass is 10.1. The average molecular weight is 432 g/mol. The second kappa shape index (κ2) is 8.51. The largest absolute Gasteiger partial charge is 0.318 e. The van der Waals surface area contributed by atoms with E-state index in [0.29, 0.717) is 5.16 Å². The Morgan fingerprint density at radius 3 is 2.35 bits per heavy atom. The van der Waals surface area contributed by atoms with E-state index in [1.165, 1.54) is 22.9 Å². The van der Waals surface area contributed by atoms with Crippen molar-refractivity contribution in [2.45, 2.75) is 39.8 Å². The van der Waals surface area contributed by atoms with Crippen LogP contribution in [0.1, 0.15) is 38.4 Å². The molecule has 0 bridgehead atoms. The summed E-state index contributed by atoms with van der Waals surface area (Å²) in [5.41, 5.74) is 8.17. The van der Waals surface area contributed by atoms with Crippen LogP contribution >= 0.6 is 11.8 Å². The number of thioether (sulfide) groups is 1. The highest BCUT2D eigenvalue weighted by Gasteiger charge is 2.19. The normalized spacial score (nSPS) is 11.1. The summed E-state index contributed by atoms with van der Waals surface area (Å²) < 4.78 is 3.82. The van der Waals surface area contributed by atoms with Crippen molar-refractivity contribution in [3.63, 3.8) is 0 Å². The van der Waals surface area contributed by atoms with Gasteiger partial charge in [-0.05, 0) is 74.9 Å². The van der Waals surface area contributed by atoms with E-state index in [0.717, 1.165) is 33.9 Å². The number of nitrogens with zero attached hydrogens (tertiary/aromatic N) is 5. The number of aromatic nitrogens is 5.